The van der Waals surface area contributed by atoms with Crippen LogP contribution in [0.2, 0.25) is 0 Å². The first kappa shape index (κ1) is 25.7. The van der Waals surface area contributed by atoms with Crippen molar-refractivity contribution in [2.75, 3.05) is 77.9 Å². The molecule has 7 nitrogen and oxygen atoms in total. The largest absolute Gasteiger partial charge is 0.339 e. The average molecular weight is 458 g/mol. The summed E-state index contributed by atoms with van der Waals surface area (Å²) in [5.74, 6) is 0.324. The summed E-state index contributed by atoms with van der Waals surface area (Å²) in [5.41, 5.74) is 2.13. The number of para-hydroxylation sites is 1. The third-order valence-electron chi connectivity index (χ3n) is 6.86. The van der Waals surface area contributed by atoms with Crippen molar-refractivity contribution in [3.8, 4) is 0 Å². The molecule has 0 bridgehead atoms. The number of piperazine rings is 1. The molecule has 3 rings (SSSR count). The van der Waals surface area contributed by atoms with Gasteiger partial charge in [-0.15, -0.1) is 0 Å². The van der Waals surface area contributed by atoms with Crippen LogP contribution in [0.5, 0.6) is 0 Å². The molecule has 2 aliphatic rings. The maximum atomic E-state index is 13.2. The number of rotatable bonds is 5. The topological polar surface area (TPSA) is 50.3 Å². The van der Waals surface area contributed by atoms with Gasteiger partial charge in [-0.1, -0.05) is 37.5 Å². The van der Waals surface area contributed by atoms with Crippen LogP contribution < -0.4 is 4.90 Å². The Kier molecular flexibility index (Phi) is 10.2. The molecule has 184 valence electrons. The zero-order chi connectivity index (χ0) is 23.6. The van der Waals surface area contributed by atoms with Gasteiger partial charge in [0.2, 0.25) is 11.8 Å². The van der Waals surface area contributed by atoms with Crippen LogP contribution in [-0.4, -0.2) is 104 Å². The van der Waals surface area contributed by atoms with Crippen molar-refractivity contribution in [2.24, 2.45) is 0 Å². The molecular weight excluding hydrogens is 414 g/mol. The second kappa shape index (κ2) is 13.1. The van der Waals surface area contributed by atoms with Crippen molar-refractivity contribution in [2.45, 2.75) is 45.6 Å². The zero-order valence-electron chi connectivity index (χ0n) is 21.0. The van der Waals surface area contributed by atoms with Gasteiger partial charge < -0.3 is 14.7 Å². The van der Waals surface area contributed by atoms with Crippen LogP contribution in [0.3, 0.4) is 0 Å². The standard InChI is InChI=1S/C26H43N5O2/c1-23(32)31-14-10-6-4-5-9-13-29(21-24-11-7-8-12-25(24)31)22-26(33)30-19-17-28(18-20-30)16-15-27(2)3/h7-8,11-12H,4-6,9-10,13-22H2,1-3H3. The highest BCUT2D eigenvalue weighted by atomic mass is 16.2. The van der Waals surface area contributed by atoms with Gasteiger partial charge in [0.05, 0.1) is 6.54 Å². The van der Waals surface area contributed by atoms with Crippen molar-refractivity contribution < 1.29 is 9.59 Å². The van der Waals surface area contributed by atoms with E-state index in [1.807, 2.05) is 21.9 Å². The molecule has 0 spiro atoms. The summed E-state index contributed by atoms with van der Waals surface area (Å²) in [7, 11) is 4.20. The van der Waals surface area contributed by atoms with Gasteiger partial charge in [0, 0.05) is 65.0 Å². The highest BCUT2D eigenvalue weighted by molar-refractivity contribution is 5.92. The lowest BCUT2D eigenvalue weighted by Crippen LogP contribution is -2.52. The summed E-state index contributed by atoms with van der Waals surface area (Å²) in [4.78, 5) is 36.5. The third-order valence-corrected chi connectivity index (χ3v) is 6.86. The number of benzene rings is 1. The lowest BCUT2D eigenvalue weighted by Gasteiger charge is -2.36. The normalized spacial score (nSPS) is 19.6. The summed E-state index contributed by atoms with van der Waals surface area (Å²) >= 11 is 0. The minimum atomic E-state index is 0.0919. The lowest BCUT2D eigenvalue weighted by atomic mass is 10.1. The number of fused-ring (bicyclic) bond motifs is 1. The van der Waals surface area contributed by atoms with Crippen LogP contribution in [0.4, 0.5) is 5.69 Å². The van der Waals surface area contributed by atoms with E-state index in [9.17, 15) is 9.59 Å². The van der Waals surface area contributed by atoms with Gasteiger partial charge in [0.15, 0.2) is 0 Å². The van der Waals surface area contributed by atoms with Crippen LogP contribution >= 0.6 is 0 Å². The number of likely N-dealkylation sites (N-methyl/N-ethyl adjacent to an activating group) is 1. The highest BCUT2D eigenvalue weighted by Gasteiger charge is 2.24. The fraction of sp³-hybridized carbons (Fsp3) is 0.692. The van der Waals surface area contributed by atoms with Crippen molar-refractivity contribution in [3.63, 3.8) is 0 Å². The first-order valence-electron chi connectivity index (χ1n) is 12.7. The molecule has 33 heavy (non-hydrogen) atoms. The molecule has 2 aliphatic heterocycles. The Morgan fingerprint density at radius 2 is 1.52 bits per heavy atom. The summed E-state index contributed by atoms with van der Waals surface area (Å²) in [5, 5.41) is 0. The molecule has 7 heteroatoms. The van der Waals surface area contributed by atoms with Crippen LogP contribution in [0.1, 0.15) is 44.6 Å². The first-order valence-corrected chi connectivity index (χ1v) is 12.7. The Morgan fingerprint density at radius 1 is 0.848 bits per heavy atom. The molecular formula is C26H43N5O2. The monoisotopic (exact) mass is 457 g/mol. The van der Waals surface area contributed by atoms with Crippen LogP contribution in [0.15, 0.2) is 24.3 Å². The first-order chi connectivity index (χ1) is 15.9. The number of hydrogen-bond acceptors (Lipinski definition) is 5. The van der Waals surface area contributed by atoms with Gasteiger partial charge in [0.1, 0.15) is 0 Å². The average Bonchev–Trinajstić information content (AvgIpc) is 2.79. The quantitative estimate of drug-likeness (QED) is 0.680. The third kappa shape index (κ3) is 8.09. The zero-order valence-corrected chi connectivity index (χ0v) is 21.0. The van der Waals surface area contributed by atoms with Crippen molar-refractivity contribution >= 4 is 17.5 Å². The molecule has 1 saturated heterocycles. The van der Waals surface area contributed by atoms with E-state index < -0.39 is 0 Å². The molecule has 0 unspecified atom stereocenters. The molecule has 0 saturated carbocycles. The molecule has 1 aromatic rings. The van der Waals surface area contributed by atoms with E-state index in [2.05, 4.69) is 40.9 Å². The maximum absolute atomic E-state index is 13.2. The van der Waals surface area contributed by atoms with Gasteiger partial charge in [-0.2, -0.15) is 0 Å². The smallest absolute Gasteiger partial charge is 0.236 e. The molecule has 2 amide bonds. The van der Waals surface area contributed by atoms with Gasteiger partial charge >= 0.3 is 0 Å². The molecule has 1 fully saturated rings. The lowest BCUT2D eigenvalue weighted by molar-refractivity contribution is -0.134. The number of amides is 2. The summed E-state index contributed by atoms with van der Waals surface area (Å²) in [6.45, 7) is 10.1. The fourth-order valence-electron chi connectivity index (χ4n) is 4.80. The van der Waals surface area contributed by atoms with E-state index in [1.54, 1.807) is 6.92 Å². The second-order valence-electron chi connectivity index (χ2n) is 9.80. The maximum Gasteiger partial charge on any atom is 0.236 e. The van der Waals surface area contributed by atoms with Crippen molar-refractivity contribution in [3.05, 3.63) is 29.8 Å². The van der Waals surface area contributed by atoms with Gasteiger partial charge in [-0.3, -0.25) is 19.4 Å². The van der Waals surface area contributed by atoms with Crippen molar-refractivity contribution in [1.82, 2.24) is 19.6 Å². The Labute approximate surface area is 200 Å². The number of anilines is 1. The Balaban J connectivity index is 1.64. The van der Waals surface area contributed by atoms with Gasteiger partial charge in [-0.25, -0.2) is 0 Å². The van der Waals surface area contributed by atoms with Gasteiger partial charge in [0.25, 0.3) is 0 Å². The Hall–Kier alpha value is -1.96. The Morgan fingerprint density at radius 3 is 2.21 bits per heavy atom. The molecule has 0 atom stereocenters. The predicted octanol–water partition coefficient (Wildman–Crippen LogP) is 2.51. The summed E-state index contributed by atoms with van der Waals surface area (Å²) in [6, 6.07) is 8.20. The predicted molar refractivity (Wildman–Crippen MR) is 134 cm³/mol. The van der Waals surface area contributed by atoms with E-state index in [0.717, 1.165) is 82.9 Å². The van der Waals surface area contributed by atoms with Gasteiger partial charge in [-0.05, 0) is 45.1 Å². The van der Waals surface area contributed by atoms with E-state index >= 15 is 0 Å². The minimum absolute atomic E-state index is 0.0919. The van der Waals surface area contributed by atoms with E-state index in [1.165, 1.54) is 12.8 Å². The molecule has 0 aliphatic carbocycles. The molecule has 0 N–H and O–H groups in total. The molecule has 0 aromatic heterocycles. The van der Waals surface area contributed by atoms with Crippen molar-refractivity contribution in [1.29, 1.82) is 0 Å². The molecule has 0 radical (unpaired) electrons. The summed E-state index contributed by atoms with van der Waals surface area (Å²) in [6.07, 6.45) is 5.66. The fourth-order valence-corrected chi connectivity index (χ4v) is 4.80. The Bertz CT molecular complexity index is 761. The van der Waals surface area contributed by atoms with E-state index in [-0.39, 0.29) is 11.8 Å². The van der Waals surface area contributed by atoms with E-state index in [4.69, 9.17) is 0 Å². The highest BCUT2D eigenvalue weighted by Crippen LogP contribution is 2.24. The number of carbonyl (C=O) groups is 2. The van der Waals surface area contributed by atoms with Crippen LogP contribution in [0.25, 0.3) is 0 Å². The number of nitrogens with zero attached hydrogens (tertiary/aromatic N) is 5. The molecule has 2 heterocycles. The number of hydrogen-bond donors (Lipinski definition) is 0. The second-order valence-corrected chi connectivity index (χ2v) is 9.80. The van der Waals surface area contributed by atoms with Crippen LogP contribution in [0, 0.1) is 0 Å². The number of carbonyl (C=O) groups excluding carboxylic acids is 2. The van der Waals surface area contributed by atoms with E-state index in [0.29, 0.717) is 13.1 Å². The van der Waals surface area contributed by atoms with Crippen LogP contribution in [-0.2, 0) is 16.1 Å². The summed E-state index contributed by atoms with van der Waals surface area (Å²) < 4.78 is 0. The molecule has 1 aromatic carbocycles. The minimum Gasteiger partial charge on any atom is -0.339 e. The SMILES string of the molecule is CC(=O)N1CCCCCCCN(CC(=O)N2CCN(CCN(C)C)CC2)Cc2ccccc21.